The molecule has 0 spiro atoms. The molecular formula is C15H27N3O3. The lowest BCUT2D eigenvalue weighted by molar-refractivity contribution is -0.144. The molecule has 2 aliphatic rings. The molecule has 1 aliphatic carbocycles. The van der Waals surface area contributed by atoms with Gasteiger partial charge in [-0.2, -0.15) is 0 Å². The fraction of sp³-hybridized carbons (Fsp3) is 0.867. The van der Waals surface area contributed by atoms with Crippen LogP contribution < -0.4 is 10.6 Å². The molecule has 1 saturated heterocycles. The van der Waals surface area contributed by atoms with E-state index in [0.717, 1.165) is 45.2 Å². The van der Waals surface area contributed by atoms with Crippen LogP contribution in [0.5, 0.6) is 0 Å². The molecule has 0 aromatic rings. The average molecular weight is 297 g/mol. The number of aliphatic carboxylic acids is 1. The second-order valence-electron chi connectivity index (χ2n) is 6.20. The van der Waals surface area contributed by atoms with Crippen molar-refractivity contribution in [3.8, 4) is 0 Å². The first-order valence-electron chi connectivity index (χ1n) is 8.12. The molecule has 2 fully saturated rings. The smallest absolute Gasteiger partial charge is 0.329 e. The van der Waals surface area contributed by atoms with Crippen LogP contribution in [0.15, 0.2) is 0 Å². The Morgan fingerprint density at radius 2 is 1.90 bits per heavy atom. The summed E-state index contributed by atoms with van der Waals surface area (Å²) in [5, 5.41) is 15.6. The van der Waals surface area contributed by atoms with Crippen molar-refractivity contribution < 1.29 is 14.7 Å². The Kier molecular flexibility index (Phi) is 5.45. The van der Waals surface area contributed by atoms with Crippen LogP contribution in [-0.2, 0) is 4.79 Å². The summed E-state index contributed by atoms with van der Waals surface area (Å²) in [6, 6.07) is 0.0199. The van der Waals surface area contributed by atoms with Gasteiger partial charge in [-0.25, -0.2) is 9.59 Å². The van der Waals surface area contributed by atoms with E-state index in [2.05, 4.69) is 10.6 Å². The summed E-state index contributed by atoms with van der Waals surface area (Å²) >= 11 is 0. The van der Waals surface area contributed by atoms with Crippen molar-refractivity contribution >= 4 is 12.0 Å². The molecule has 6 heteroatoms. The highest BCUT2D eigenvalue weighted by atomic mass is 16.4. The highest BCUT2D eigenvalue weighted by Crippen LogP contribution is 2.30. The molecule has 1 heterocycles. The minimum absolute atomic E-state index is 0.201. The quantitative estimate of drug-likeness (QED) is 0.719. The summed E-state index contributed by atoms with van der Waals surface area (Å²) in [4.78, 5) is 26.1. The fourth-order valence-corrected chi connectivity index (χ4v) is 3.46. The van der Waals surface area contributed by atoms with Crippen molar-refractivity contribution in [3.05, 3.63) is 0 Å². The molecule has 3 N–H and O–H groups in total. The van der Waals surface area contributed by atoms with Gasteiger partial charge in [0.25, 0.3) is 0 Å². The van der Waals surface area contributed by atoms with Gasteiger partial charge in [0.05, 0.1) is 0 Å². The number of hydrogen-bond acceptors (Lipinski definition) is 3. The van der Waals surface area contributed by atoms with E-state index in [1.165, 1.54) is 0 Å². The van der Waals surface area contributed by atoms with Gasteiger partial charge < -0.3 is 20.6 Å². The van der Waals surface area contributed by atoms with Crippen LogP contribution in [0, 0.1) is 0 Å². The molecule has 2 rings (SSSR count). The number of hydrogen-bond donors (Lipinski definition) is 3. The van der Waals surface area contributed by atoms with E-state index in [0.29, 0.717) is 19.4 Å². The number of carboxylic acids is 1. The Bertz CT molecular complexity index is 374. The summed E-state index contributed by atoms with van der Waals surface area (Å²) in [5.41, 5.74) is -1.05. The van der Waals surface area contributed by atoms with Gasteiger partial charge in [-0.05, 0) is 45.2 Å². The molecule has 1 aliphatic heterocycles. The number of amides is 2. The molecule has 21 heavy (non-hydrogen) atoms. The molecule has 0 aromatic carbocycles. The lowest BCUT2D eigenvalue weighted by Crippen LogP contribution is -2.59. The van der Waals surface area contributed by atoms with Gasteiger partial charge >= 0.3 is 12.0 Å². The summed E-state index contributed by atoms with van der Waals surface area (Å²) < 4.78 is 0. The number of nitrogens with one attached hydrogen (secondary N) is 2. The van der Waals surface area contributed by atoms with E-state index in [-0.39, 0.29) is 12.1 Å². The zero-order valence-electron chi connectivity index (χ0n) is 12.9. The van der Waals surface area contributed by atoms with Crippen LogP contribution in [-0.4, -0.2) is 53.2 Å². The second kappa shape index (κ2) is 7.11. The standard InChI is InChI=1S/C15H27N3O3/c1-2-11-18(12-5-9-16-10-6-12)14(21)17-15(13(19)20)7-3-4-8-15/h12,16H,2-11H2,1H3,(H,17,21)(H,19,20). The normalized spacial score (nSPS) is 22.0. The second-order valence-corrected chi connectivity index (χ2v) is 6.20. The Morgan fingerprint density at radius 1 is 1.29 bits per heavy atom. The van der Waals surface area contributed by atoms with Gasteiger partial charge in [0.15, 0.2) is 0 Å². The molecule has 2 amide bonds. The molecule has 6 nitrogen and oxygen atoms in total. The minimum Gasteiger partial charge on any atom is -0.480 e. The first kappa shape index (κ1) is 16.1. The first-order valence-corrected chi connectivity index (χ1v) is 8.12. The molecule has 0 unspecified atom stereocenters. The summed E-state index contributed by atoms with van der Waals surface area (Å²) in [5.74, 6) is -0.893. The monoisotopic (exact) mass is 297 g/mol. The molecule has 120 valence electrons. The lowest BCUT2D eigenvalue weighted by atomic mass is 9.98. The number of carboxylic acid groups (broad SMARTS) is 1. The zero-order chi connectivity index (χ0) is 15.3. The van der Waals surface area contributed by atoms with E-state index in [1.807, 2.05) is 11.8 Å². The molecule has 0 radical (unpaired) electrons. The van der Waals surface area contributed by atoms with Gasteiger partial charge in [0.2, 0.25) is 0 Å². The fourth-order valence-electron chi connectivity index (χ4n) is 3.46. The van der Waals surface area contributed by atoms with Crippen molar-refractivity contribution in [1.29, 1.82) is 0 Å². The van der Waals surface area contributed by atoms with Crippen LogP contribution in [0.3, 0.4) is 0 Å². The molecule has 0 bridgehead atoms. The van der Waals surface area contributed by atoms with E-state index >= 15 is 0 Å². The summed E-state index contributed by atoms with van der Waals surface area (Å²) in [6.45, 7) is 4.57. The third-order valence-corrected chi connectivity index (χ3v) is 4.69. The summed E-state index contributed by atoms with van der Waals surface area (Å²) in [7, 11) is 0. The Morgan fingerprint density at radius 3 is 2.43 bits per heavy atom. The Hall–Kier alpha value is -1.30. The number of rotatable bonds is 5. The maximum atomic E-state index is 12.6. The van der Waals surface area contributed by atoms with Crippen LogP contribution in [0.25, 0.3) is 0 Å². The van der Waals surface area contributed by atoms with Crippen molar-refractivity contribution in [3.63, 3.8) is 0 Å². The maximum Gasteiger partial charge on any atom is 0.329 e. The van der Waals surface area contributed by atoms with E-state index < -0.39 is 11.5 Å². The number of piperidine rings is 1. The SMILES string of the molecule is CCCN(C(=O)NC1(C(=O)O)CCCC1)C1CCNCC1. The highest BCUT2D eigenvalue weighted by Gasteiger charge is 2.43. The third kappa shape index (κ3) is 3.67. The topological polar surface area (TPSA) is 81.7 Å². The molecular weight excluding hydrogens is 270 g/mol. The molecule has 0 atom stereocenters. The minimum atomic E-state index is -1.05. The van der Waals surface area contributed by atoms with Crippen LogP contribution in [0.4, 0.5) is 4.79 Å². The van der Waals surface area contributed by atoms with E-state index in [9.17, 15) is 14.7 Å². The predicted molar refractivity (Wildman–Crippen MR) is 80.3 cm³/mol. The average Bonchev–Trinajstić information content (AvgIpc) is 2.95. The van der Waals surface area contributed by atoms with Crippen molar-refractivity contribution in [2.45, 2.75) is 63.5 Å². The zero-order valence-corrected chi connectivity index (χ0v) is 12.9. The van der Waals surface area contributed by atoms with Crippen LogP contribution in [0.2, 0.25) is 0 Å². The van der Waals surface area contributed by atoms with Gasteiger partial charge in [0.1, 0.15) is 5.54 Å². The van der Waals surface area contributed by atoms with Crippen LogP contribution >= 0.6 is 0 Å². The lowest BCUT2D eigenvalue weighted by Gasteiger charge is -2.37. The number of carbonyl (C=O) groups is 2. The van der Waals surface area contributed by atoms with Crippen molar-refractivity contribution in [2.75, 3.05) is 19.6 Å². The van der Waals surface area contributed by atoms with Gasteiger partial charge in [0, 0.05) is 12.6 Å². The van der Waals surface area contributed by atoms with Gasteiger partial charge in [-0.1, -0.05) is 19.8 Å². The summed E-state index contributed by atoms with van der Waals surface area (Å²) in [6.07, 6.45) is 5.58. The van der Waals surface area contributed by atoms with E-state index in [1.54, 1.807) is 0 Å². The number of carbonyl (C=O) groups excluding carboxylic acids is 1. The van der Waals surface area contributed by atoms with Gasteiger partial charge in [-0.3, -0.25) is 0 Å². The maximum absolute atomic E-state index is 12.6. The Balaban J connectivity index is 2.05. The van der Waals surface area contributed by atoms with Crippen molar-refractivity contribution in [2.24, 2.45) is 0 Å². The third-order valence-electron chi connectivity index (χ3n) is 4.69. The molecule has 1 saturated carbocycles. The van der Waals surface area contributed by atoms with Crippen LogP contribution in [0.1, 0.15) is 51.9 Å². The van der Waals surface area contributed by atoms with Crippen molar-refractivity contribution in [1.82, 2.24) is 15.5 Å². The molecule has 0 aromatic heterocycles. The first-order chi connectivity index (χ1) is 10.1. The number of nitrogens with zero attached hydrogens (tertiary/aromatic N) is 1. The predicted octanol–water partition coefficient (Wildman–Crippen LogP) is 1.56. The highest BCUT2D eigenvalue weighted by molar-refractivity contribution is 5.86. The van der Waals surface area contributed by atoms with Gasteiger partial charge in [-0.15, -0.1) is 0 Å². The Labute approximate surface area is 126 Å². The van der Waals surface area contributed by atoms with E-state index in [4.69, 9.17) is 0 Å². The number of urea groups is 1. The largest absolute Gasteiger partial charge is 0.480 e.